The lowest BCUT2D eigenvalue weighted by molar-refractivity contribution is 0.214. The number of ether oxygens (including phenoxy) is 1. The van der Waals surface area contributed by atoms with Gasteiger partial charge < -0.3 is 10.1 Å². The number of nitrogens with one attached hydrogen (secondary N) is 1. The van der Waals surface area contributed by atoms with Crippen molar-refractivity contribution in [2.24, 2.45) is 0 Å². The van der Waals surface area contributed by atoms with Gasteiger partial charge in [-0.1, -0.05) is 13.8 Å². The average Bonchev–Trinajstić information content (AvgIpc) is 2.84. The molecule has 0 aliphatic carbocycles. The van der Waals surface area contributed by atoms with Gasteiger partial charge in [-0.15, -0.1) is 0 Å². The van der Waals surface area contributed by atoms with Gasteiger partial charge in [-0.2, -0.15) is 0 Å². The topological polar surface area (TPSA) is 21.3 Å². The first kappa shape index (κ1) is 15.3. The van der Waals surface area contributed by atoms with Crippen molar-refractivity contribution >= 4 is 0 Å². The average molecular weight is 279 g/mol. The first-order valence-corrected chi connectivity index (χ1v) is 7.91. The quantitative estimate of drug-likeness (QED) is 0.774. The van der Waals surface area contributed by atoms with E-state index >= 15 is 0 Å². The molecule has 1 heterocycles. The van der Waals surface area contributed by atoms with E-state index in [-0.39, 0.29) is 11.9 Å². The molecule has 112 valence electrons. The van der Waals surface area contributed by atoms with Crippen molar-refractivity contribution in [3.8, 4) is 5.75 Å². The van der Waals surface area contributed by atoms with E-state index in [1.807, 2.05) is 0 Å². The summed E-state index contributed by atoms with van der Waals surface area (Å²) in [6.07, 6.45) is 6.86. The maximum absolute atomic E-state index is 13.1. The van der Waals surface area contributed by atoms with Crippen molar-refractivity contribution in [1.82, 2.24) is 5.32 Å². The molecular weight excluding hydrogens is 253 g/mol. The van der Waals surface area contributed by atoms with Gasteiger partial charge >= 0.3 is 0 Å². The molecule has 0 fully saturated rings. The smallest absolute Gasteiger partial charge is 0.123 e. The molecule has 1 aromatic carbocycles. The molecule has 20 heavy (non-hydrogen) atoms. The van der Waals surface area contributed by atoms with Crippen LogP contribution in [0, 0.1) is 5.82 Å². The predicted octanol–water partition coefficient (Wildman–Crippen LogP) is 4.08. The Bertz CT molecular complexity index is 421. The van der Waals surface area contributed by atoms with Crippen LogP contribution in [0.25, 0.3) is 0 Å². The minimum absolute atomic E-state index is 0.164. The Balaban J connectivity index is 1.71. The van der Waals surface area contributed by atoms with Crippen LogP contribution in [0.4, 0.5) is 4.39 Å². The SMILES string of the molecule is CCCNC(CC)CCCC1Cc2cc(F)ccc2O1. The number of benzene rings is 1. The Morgan fingerprint density at radius 1 is 1.40 bits per heavy atom. The number of hydrogen-bond donors (Lipinski definition) is 1. The van der Waals surface area contributed by atoms with E-state index in [0.29, 0.717) is 6.04 Å². The van der Waals surface area contributed by atoms with Crippen molar-refractivity contribution in [1.29, 1.82) is 0 Å². The molecule has 1 N–H and O–H groups in total. The second-order valence-electron chi connectivity index (χ2n) is 5.69. The molecule has 2 rings (SSSR count). The molecule has 2 atom stereocenters. The molecule has 2 nitrogen and oxygen atoms in total. The lowest BCUT2D eigenvalue weighted by Crippen LogP contribution is -2.29. The minimum atomic E-state index is -0.164. The summed E-state index contributed by atoms with van der Waals surface area (Å²) in [5.74, 6) is 0.704. The van der Waals surface area contributed by atoms with Crippen LogP contribution < -0.4 is 10.1 Å². The molecule has 1 aliphatic heterocycles. The van der Waals surface area contributed by atoms with Crippen LogP contribution in [0.2, 0.25) is 0 Å². The highest BCUT2D eigenvalue weighted by atomic mass is 19.1. The van der Waals surface area contributed by atoms with Crippen LogP contribution in [-0.4, -0.2) is 18.7 Å². The Labute approximate surface area is 121 Å². The maximum Gasteiger partial charge on any atom is 0.123 e. The Hall–Kier alpha value is -1.09. The van der Waals surface area contributed by atoms with Crippen LogP contribution in [0.3, 0.4) is 0 Å². The number of hydrogen-bond acceptors (Lipinski definition) is 2. The Morgan fingerprint density at radius 2 is 2.25 bits per heavy atom. The van der Waals surface area contributed by atoms with Crippen LogP contribution in [-0.2, 0) is 6.42 Å². The largest absolute Gasteiger partial charge is 0.490 e. The van der Waals surface area contributed by atoms with Crippen LogP contribution in [0.5, 0.6) is 5.75 Å². The Morgan fingerprint density at radius 3 is 3.00 bits per heavy atom. The molecule has 2 unspecified atom stereocenters. The first-order valence-electron chi connectivity index (χ1n) is 7.91. The van der Waals surface area contributed by atoms with E-state index in [0.717, 1.165) is 37.1 Å². The van der Waals surface area contributed by atoms with E-state index in [1.165, 1.54) is 25.3 Å². The highest BCUT2D eigenvalue weighted by molar-refractivity contribution is 5.37. The molecule has 0 saturated carbocycles. The lowest BCUT2D eigenvalue weighted by atomic mass is 10.0. The second kappa shape index (κ2) is 7.63. The van der Waals surface area contributed by atoms with Crippen molar-refractivity contribution in [2.75, 3.05) is 6.54 Å². The zero-order chi connectivity index (χ0) is 14.4. The van der Waals surface area contributed by atoms with Gasteiger partial charge in [-0.25, -0.2) is 4.39 Å². The molecule has 0 radical (unpaired) electrons. The van der Waals surface area contributed by atoms with E-state index in [4.69, 9.17) is 4.74 Å². The fourth-order valence-corrected chi connectivity index (χ4v) is 2.84. The minimum Gasteiger partial charge on any atom is -0.490 e. The van der Waals surface area contributed by atoms with Crippen LogP contribution >= 0.6 is 0 Å². The molecule has 3 heteroatoms. The third-order valence-corrected chi connectivity index (χ3v) is 4.02. The van der Waals surface area contributed by atoms with E-state index in [2.05, 4.69) is 19.2 Å². The molecular formula is C17H26FNO. The van der Waals surface area contributed by atoms with Crippen LogP contribution in [0.1, 0.15) is 51.5 Å². The molecule has 0 saturated heterocycles. The number of rotatable bonds is 8. The van der Waals surface area contributed by atoms with E-state index in [1.54, 1.807) is 12.1 Å². The Kier molecular flexibility index (Phi) is 5.84. The predicted molar refractivity (Wildman–Crippen MR) is 80.7 cm³/mol. The summed E-state index contributed by atoms with van der Waals surface area (Å²) in [5.41, 5.74) is 1.02. The van der Waals surface area contributed by atoms with Gasteiger partial charge in [0.1, 0.15) is 17.7 Å². The lowest BCUT2D eigenvalue weighted by Gasteiger charge is -2.17. The third-order valence-electron chi connectivity index (χ3n) is 4.02. The molecule has 1 aliphatic rings. The van der Waals surface area contributed by atoms with Gasteiger partial charge in [-0.3, -0.25) is 0 Å². The summed E-state index contributed by atoms with van der Waals surface area (Å²) in [7, 11) is 0. The van der Waals surface area contributed by atoms with Crippen molar-refractivity contribution < 1.29 is 9.13 Å². The van der Waals surface area contributed by atoms with E-state index < -0.39 is 0 Å². The molecule has 0 spiro atoms. The van der Waals surface area contributed by atoms with Gasteiger partial charge in [0.2, 0.25) is 0 Å². The zero-order valence-electron chi connectivity index (χ0n) is 12.6. The molecule has 0 bridgehead atoms. The maximum atomic E-state index is 13.1. The first-order chi connectivity index (χ1) is 9.72. The standard InChI is InChI=1S/C17H26FNO/c1-3-10-19-15(4-2)6-5-7-16-12-13-11-14(18)8-9-17(13)20-16/h8-9,11,15-16,19H,3-7,10,12H2,1-2H3. The summed E-state index contributed by atoms with van der Waals surface area (Å²) in [6, 6.07) is 5.45. The van der Waals surface area contributed by atoms with E-state index in [9.17, 15) is 4.39 Å². The summed E-state index contributed by atoms with van der Waals surface area (Å²) < 4.78 is 19.0. The number of halogens is 1. The third kappa shape index (κ3) is 4.20. The molecule has 0 amide bonds. The molecule has 1 aromatic rings. The van der Waals surface area contributed by atoms with Crippen molar-refractivity contribution in [3.63, 3.8) is 0 Å². The highest BCUT2D eigenvalue weighted by Crippen LogP contribution is 2.31. The second-order valence-corrected chi connectivity index (χ2v) is 5.69. The summed E-state index contributed by atoms with van der Waals surface area (Å²) in [4.78, 5) is 0. The number of fused-ring (bicyclic) bond motifs is 1. The van der Waals surface area contributed by atoms with Gasteiger partial charge in [-0.05, 0) is 56.8 Å². The highest BCUT2D eigenvalue weighted by Gasteiger charge is 2.23. The fraction of sp³-hybridized carbons (Fsp3) is 0.647. The van der Waals surface area contributed by atoms with Crippen molar-refractivity contribution in [2.45, 2.75) is 64.5 Å². The van der Waals surface area contributed by atoms with Gasteiger partial charge in [0.25, 0.3) is 0 Å². The normalized spacial score (nSPS) is 18.6. The van der Waals surface area contributed by atoms with Crippen LogP contribution in [0.15, 0.2) is 18.2 Å². The summed E-state index contributed by atoms with van der Waals surface area (Å²) >= 11 is 0. The molecule has 0 aromatic heterocycles. The fourth-order valence-electron chi connectivity index (χ4n) is 2.84. The van der Waals surface area contributed by atoms with Gasteiger partial charge in [0, 0.05) is 18.0 Å². The summed E-state index contributed by atoms with van der Waals surface area (Å²) in [5, 5.41) is 3.58. The monoisotopic (exact) mass is 279 g/mol. The van der Waals surface area contributed by atoms with Crippen molar-refractivity contribution in [3.05, 3.63) is 29.6 Å². The van der Waals surface area contributed by atoms with Gasteiger partial charge in [0.05, 0.1) is 0 Å². The summed E-state index contributed by atoms with van der Waals surface area (Å²) in [6.45, 7) is 5.53. The zero-order valence-corrected chi connectivity index (χ0v) is 12.6. The van der Waals surface area contributed by atoms with Gasteiger partial charge in [0.15, 0.2) is 0 Å².